The number of carbonyl (C=O) groups is 1. The van der Waals surface area contributed by atoms with Gasteiger partial charge in [-0.25, -0.2) is 4.79 Å². The molecule has 0 radical (unpaired) electrons. The molecular formula is C22H34N2O5. The number of ether oxygens (including phenoxy) is 3. The molecule has 7 heteroatoms. The molecule has 2 heterocycles. The first-order valence-corrected chi connectivity index (χ1v) is 10.4. The van der Waals surface area contributed by atoms with Crippen LogP contribution in [-0.4, -0.2) is 74.3 Å². The minimum Gasteiger partial charge on any atom is -0.490 e. The first kappa shape index (κ1) is 21.7. The number of amides is 1. The minimum atomic E-state index is -0.549. The van der Waals surface area contributed by atoms with E-state index in [0.717, 1.165) is 30.8 Å². The maximum absolute atomic E-state index is 12.5. The summed E-state index contributed by atoms with van der Waals surface area (Å²) in [7, 11) is 1.60. The van der Waals surface area contributed by atoms with E-state index >= 15 is 0 Å². The third kappa shape index (κ3) is 5.14. The van der Waals surface area contributed by atoms with Crippen LogP contribution in [0.15, 0.2) is 6.07 Å². The quantitative estimate of drug-likeness (QED) is 0.829. The van der Waals surface area contributed by atoms with Gasteiger partial charge in [-0.1, -0.05) is 0 Å². The van der Waals surface area contributed by atoms with E-state index in [9.17, 15) is 9.90 Å². The lowest BCUT2D eigenvalue weighted by atomic mass is 9.94. The molecule has 1 aromatic carbocycles. The van der Waals surface area contributed by atoms with E-state index in [1.165, 1.54) is 16.7 Å². The third-order valence-corrected chi connectivity index (χ3v) is 5.39. The summed E-state index contributed by atoms with van der Waals surface area (Å²) in [6.07, 6.45) is 0.751. The van der Waals surface area contributed by atoms with Crippen molar-refractivity contribution in [1.82, 2.24) is 4.90 Å². The van der Waals surface area contributed by atoms with Crippen LogP contribution in [0.4, 0.5) is 10.5 Å². The molecule has 1 N–H and O–H groups in total. The Morgan fingerprint density at radius 2 is 2.00 bits per heavy atom. The zero-order chi connectivity index (χ0) is 21.2. The predicted molar refractivity (Wildman–Crippen MR) is 112 cm³/mol. The van der Waals surface area contributed by atoms with Crippen LogP contribution in [0.3, 0.4) is 0 Å². The summed E-state index contributed by atoms with van der Waals surface area (Å²) >= 11 is 0. The molecule has 0 spiro atoms. The van der Waals surface area contributed by atoms with Crippen LogP contribution in [0.2, 0.25) is 0 Å². The Bertz CT molecular complexity index is 744. The zero-order valence-corrected chi connectivity index (χ0v) is 18.3. The monoisotopic (exact) mass is 406 g/mol. The van der Waals surface area contributed by atoms with E-state index in [4.69, 9.17) is 14.2 Å². The average molecular weight is 407 g/mol. The Morgan fingerprint density at radius 1 is 1.28 bits per heavy atom. The summed E-state index contributed by atoms with van der Waals surface area (Å²) in [5.74, 6) is 0.864. The molecule has 0 saturated heterocycles. The smallest absolute Gasteiger partial charge is 0.410 e. The van der Waals surface area contributed by atoms with Crippen molar-refractivity contribution in [1.29, 1.82) is 0 Å². The maximum Gasteiger partial charge on any atom is 0.410 e. The number of hydrogen-bond acceptors (Lipinski definition) is 6. The number of β-amino-alcohol motifs (C(OH)–C–C–N with tert-alkyl or cyclic N) is 1. The van der Waals surface area contributed by atoms with E-state index in [0.29, 0.717) is 32.8 Å². The lowest BCUT2D eigenvalue weighted by Gasteiger charge is -2.35. The second-order valence-electron chi connectivity index (χ2n) is 8.86. The summed E-state index contributed by atoms with van der Waals surface area (Å²) in [4.78, 5) is 16.5. The molecule has 3 rings (SSSR count). The number of benzene rings is 1. The molecule has 0 aliphatic carbocycles. The van der Waals surface area contributed by atoms with E-state index in [1.54, 1.807) is 12.0 Å². The SMILES string of the molecule is COCC(O)CN1CCOc2cc3c(c(C)c21)CCN(C(=O)OC(C)(C)C)CC3. The molecule has 162 valence electrons. The van der Waals surface area contributed by atoms with Gasteiger partial charge in [-0.3, -0.25) is 0 Å². The fraction of sp³-hybridized carbons (Fsp3) is 0.682. The highest BCUT2D eigenvalue weighted by Gasteiger charge is 2.29. The van der Waals surface area contributed by atoms with Crippen LogP contribution in [0.5, 0.6) is 5.75 Å². The van der Waals surface area contributed by atoms with Gasteiger partial charge in [0.05, 0.1) is 24.9 Å². The number of hydrogen-bond donors (Lipinski definition) is 1. The number of rotatable bonds is 4. The summed E-state index contributed by atoms with van der Waals surface area (Å²) in [6.45, 7) is 11.2. The second-order valence-corrected chi connectivity index (χ2v) is 8.86. The van der Waals surface area contributed by atoms with Gasteiger partial charge >= 0.3 is 6.09 Å². The van der Waals surface area contributed by atoms with Crippen LogP contribution >= 0.6 is 0 Å². The number of anilines is 1. The van der Waals surface area contributed by atoms with Crippen molar-refractivity contribution in [3.63, 3.8) is 0 Å². The van der Waals surface area contributed by atoms with Crippen molar-refractivity contribution in [2.75, 3.05) is 51.4 Å². The third-order valence-electron chi connectivity index (χ3n) is 5.39. The highest BCUT2D eigenvalue weighted by molar-refractivity contribution is 5.71. The van der Waals surface area contributed by atoms with Gasteiger partial charge in [0.25, 0.3) is 0 Å². The highest BCUT2D eigenvalue weighted by Crippen LogP contribution is 2.40. The van der Waals surface area contributed by atoms with Crippen molar-refractivity contribution >= 4 is 11.8 Å². The van der Waals surface area contributed by atoms with Gasteiger partial charge in [-0.15, -0.1) is 0 Å². The van der Waals surface area contributed by atoms with Crippen LogP contribution < -0.4 is 9.64 Å². The number of nitrogens with zero attached hydrogens (tertiary/aromatic N) is 2. The molecular weight excluding hydrogens is 372 g/mol. The van der Waals surface area contributed by atoms with Crippen molar-refractivity contribution in [2.45, 2.75) is 52.2 Å². The van der Waals surface area contributed by atoms with E-state index in [1.807, 2.05) is 20.8 Å². The van der Waals surface area contributed by atoms with Crippen LogP contribution in [-0.2, 0) is 22.3 Å². The molecule has 1 amide bonds. The lowest BCUT2D eigenvalue weighted by molar-refractivity contribution is 0.0258. The number of aliphatic hydroxyl groups excluding tert-OH is 1. The van der Waals surface area contributed by atoms with Gasteiger partial charge in [0.2, 0.25) is 0 Å². The molecule has 0 aromatic heterocycles. The highest BCUT2D eigenvalue weighted by atomic mass is 16.6. The molecule has 0 fully saturated rings. The standard InChI is InChI=1S/C22H34N2O5/c1-15-18-7-9-23(21(26)29-22(2,3)4)8-6-16(18)12-19-20(15)24(10-11-28-19)13-17(25)14-27-5/h12,17,25H,6-11,13-14H2,1-5H3. The number of methoxy groups -OCH3 is 1. The largest absolute Gasteiger partial charge is 0.490 e. The van der Waals surface area contributed by atoms with Crippen LogP contribution in [0.1, 0.15) is 37.5 Å². The summed E-state index contributed by atoms with van der Waals surface area (Å²) in [6, 6.07) is 2.12. The number of aliphatic hydroxyl groups is 1. The van der Waals surface area contributed by atoms with Gasteiger partial charge in [0.1, 0.15) is 18.0 Å². The molecule has 0 bridgehead atoms. The Hall–Kier alpha value is -1.99. The van der Waals surface area contributed by atoms with Crippen molar-refractivity contribution < 1.29 is 24.1 Å². The Kier molecular flexibility index (Phi) is 6.58. The van der Waals surface area contributed by atoms with E-state index < -0.39 is 11.7 Å². The van der Waals surface area contributed by atoms with E-state index in [-0.39, 0.29) is 6.09 Å². The summed E-state index contributed by atoms with van der Waals surface area (Å²) in [5, 5.41) is 10.2. The fourth-order valence-electron chi connectivity index (χ4n) is 4.14. The topological polar surface area (TPSA) is 71.5 Å². The first-order chi connectivity index (χ1) is 13.7. The number of fused-ring (bicyclic) bond motifs is 2. The molecule has 2 aliphatic heterocycles. The van der Waals surface area contributed by atoms with Crippen molar-refractivity contribution in [3.8, 4) is 5.75 Å². The van der Waals surface area contributed by atoms with Crippen LogP contribution in [0.25, 0.3) is 0 Å². The molecule has 0 saturated carbocycles. The van der Waals surface area contributed by atoms with Gasteiger partial charge in [-0.2, -0.15) is 0 Å². The molecule has 1 unspecified atom stereocenters. The van der Waals surface area contributed by atoms with Gasteiger partial charge in [0, 0.05) is 26.7 Å². The minimum absolute atomic E-state index is 0.256. The summed E-state index contributed by atoms with van der Waals surface area (Å²) < 4.78 is 16.6. The molecule has 1 atom stereocenters. The second kappa shape index (κ2) is 8.79. The fourth-order valence-corrected chi connectivity index (χ4v) is 4.14. The maximum atomic E-state index is 12.5. The van der Waals surface area contributed by atoms with E-state index in [2.05, 4.69) is 17.9 Å². The normalized spacial score (nSPS) is 17.7. The van der Waals surface area contributed by atoms with Gasteiger partial charge in [0.15, 0.2) is 0 Å². The Morgan fingerprint density at radius 3 is 2.69 bits per heavy atom. The van der Waals surface area contributed by atoms with Gasteiger partial charge < -0.3 is 29.1 Å². The lowest BCUT2D eigenvalue weighted by Crippen LogP contribution is -2.40. The Labute approximate surface area is 173 Å². The molecule has 7 nitrogen and oxygen atoms in total. The van der Waals surface area contributed by atoms with Crippen molar-refractivity contribution in [3.05, 3.63) is 22.8 Å². The summed E-state index contributed by atoms with van der Waals surface area (Å²) in [5.41, 5.74) is 4.23. The van der Waals surface area contributed by atoms with Crippen molar-refractivity contribution in [2.24, 2.45) is 0 Å². The Balaban J connectivity index is 1.82. The van der Waals surface area contributed by atoms with Gasteiger partial charge in [-0.05, 0) is 63.3 Å². The molecule has 2 aliphatic rings. The zero-order valence-electron chi connectivity index (χ0n) is 18.3. The number of carbonyl (C=O) groups excluding carboxylic acids is 1. The predicted octanol–water partition coefficient (Wildman–Crippen LogP) is 2.54. The average Bonchev–Trinajstić information content (AvgIpc) is 2.83. The molecule has 1 aromatic rings. The van der Waals surface area contributed by atoms with Crippen LogP contribution in [0, 0.1) is 6.92 Å². The molecule has 29 heavy (non-hydrogen) atoms. The first-order valence-electron chi connectivity index (χ1n) is 10.4.